The predicted molar refractivity (Wildman–Crippen MR) is 116 cm³/mol. The number of ether oxygens (including phenoxy) is 2. The summed E-state index contributed by atoms with van der Waals surface area (Å²) >= 11 is 0. The van der Waals surface area contributed by atoms with Crippen molar-refractivity contribution in [3.05, 3.63) is 30.0 Å². The lowest BCUT2D eigenvalue weighted by atomic mass is 10.1. The number of imidazole rings is 1. The zero-order chi connectivity index (χ0) is 22.9. The van der Waals surface area contributed by atoms with Gasteiger partial charge in [-0.2, -0.15) is 0 Å². The molecular weight excluding hydrogens is 439 g/mol. The lowest BCUT2D eigenvalue weighted by molar-refractivity contribution is 0.122. The maximum atomic E-state index is 14.8. The van der Waals surface area contributed by atoms with Crippen LogP contribution in [-0.2, 0) is 4.74 Å². The van der Waals surface area contributed by atoms with Crippen molar-refractivity contribution in [3.8, 4) is 17.1 Å². The highest BCUT2D eigenvalue weighted by Gasteiger charge is 2.27. The van der Waals surface area contributed by atoms with E-state index in [1.807, 2.05) is 4.90 Å². The van der Waals surface area contributed by atoms with Crippen LogP contribution < -0.4 is 20.3 Å². The Morgan fingerprint density at radius 1 is 1.21 bits per heavy atom. The second kappa shape index (κ2) is 9.02. The third-order valence-corrected chi connectivity index (χ3v) is 5.86. The van der Waals surface area contributed by atoms with Gasteiger partial charge in [-0.3, -0.25) is 0 Å². The van der Waals surface area contributed by atoms with Gasteiger partial charge in [0.2, 0.25) is 0 Å². The van der Waals surface area contributed by atoms with E-state index in [1.165, 1.54) is 10.7 Å². The number of anilines is 2. The molecule has 2 atom stereocenters. The molecule has 176 valence electrons. The van der Waals surface area contributed by atoms with Crippen molar-refractivity contribution < 1.29 is 22.6 Å². The number of methoxy groups -OCH3 is 1. The van der Waals surface area contributed by atoms with E-state index in [9.17, 15) is 13.2 Å². The second-order valence-electron chi connectivity index (χ2n) is 7.96. The minimum atomic E-state index is -1.16. The van der Waals surface area contributed by atoms with Crippen LogP contribution in [0.15, 0.2) is 18.3 Å². The first-order valence-electron chi connectivity index (χ1n) is 10.8. The van der Waals surface area contributed by atoms with Crippen LogP contribution in [0.4, 0.5) is 24.8 Å². The van der Waals surface area contributed by atoms with Crippen molar-refractivity contribution in [1.82, 2.24) is 24.9 Å². The largest absolute Gasteiger partial charge is 0.493 e. The molecule has 3 aromatic heterocycles. The summed E-state index contributed by atoms with van der Waals surface area (Å²) in [6.07, 6.45) is 0.552. The fraction of sp³-hybridized carbons (Fsp3) is 0.476. The van der Waals surface area contributed by atoms with E-state index in [2.05, 4.69) is 25.7 Å². The molecule has 2 aliphatic rings. The van der Waals surface area contributed by atoms with Crippen LogP contribution >= 0.6 is 0 Å². The van der Waals surface area contributed by atoms with Crippen molar-refractivity contribution in [2.75, 3.05) is 56.7 Å². The fourth-order valence-corrected chi connectivity index (χ4v) is 4.09. The number of piperidine rings is 1. The first-order valence-corrected chi connectivity index (χ1v) is 10.8. The molecular formula is C21H24F3N7O2. The third-order valence-electron chi connectivity index (χ3n) is 5.86. The lowest BCUT2D eigenvalue weighted by Crippen LogP contribution is -2.46. The zero-order valence-corrected chi connectivity index (χ0v) is 18.0. The standard InChI is InChI=1S/C21H24F3N7O2/c1-32-17-9-18-26-11-16(31(18)29-21(17)30-4-6-33-7-5-30)19-13(23)8-14(24)20(28-19)27-15-10-25-3-2-12(15)22/h8-9,11-12,15,25H,2-7,10H2,1H3,(H,27,28)/t12-,15-/m1/s1. The number of fused-ring (bicyclic) bond motifs is 1. The van der Waals surface area contributed by atoms with Crippen LogP contribution in [0, 0.1) is 11.6 Å². The van der Waals surface area contributed by atoms with Crippen LogP contribution in [0.1, 0.15) is 6.42 Å². The molecule has 5 rings (SSSR count). The molecule has 0 radical (unpaired) electrons. The molecule has 0 unspecified atom stereocenters. The molecule has 0 bridgehead atoms. The summed E-state index contributed by atoms with van der Waals surface area (Å²) in [7, 11) is 1.54. The second-order valence-corrected chi connectivity index (χ2v) is 7.96. The number of halogens is 3. The van der Waals surface area contributed by atoms with Gasteiger partial charge in [-0.05, 0) is 13.0 Å². The number of alkyl halides is 1. The van der Waals surface area contributed by atoms with E-state index in [4.69, 9.17) is 9.47 Å². The highest BCUT2D eigenvalue weighted by molar-refractivity contribution is 5.66. The van der Waals surface area contributed by atoms with Gasteiger partial charge in [0.05, 0.1) is 32.6 Å². The van der Waals surface area contributed by atoms with Gasteiger partial charge >= 0.3 is 0 Å². The van der Waals surface area contributed by atoms with Crippen LogP contribution in [0.2, 0.25) is 0 Å². The number of hydrogen-bond donors (Lipinski definition) is 2. The summed E-state index contributed by atoms with van der Waals surface area (Å²) in [5, 5.41) is 10.5. The zero-order valence-electron chi connectivity index (χ0n) is 18.0. The summed E-state index contributed by atoms with van der Waals surface area (Å²) in [6, 6.07) is 1.76. The van der Waals surface area contributed by atoms with Gasteiger partial charge in [-0.1, -0.05) is 0 Å². The molecule has 2 aliphatic heterocycles. The summed E-state index contributed by atoms with van der Waals surface area (Å²) in [6.45, 7) is 3.20. The van der Waals surface area contributed by atoms with E-state index in [1.54, 1.807) is 13.2 Å². The van der Waals surface area contributed by atoms with Gasteiger partial charge in [0.25, 0.3) is 0 Å². The number of aromatic nitrogens is 4. The van der Waals surface area contributed by atoms with Gasteiger partial charge in [-0.15, -0.1) is 5.10 Å². The van der Waals surface area contributed by atoms with Gasteiger partial charge < -0.3 is 25.0 Å². The number of nitrogens with zero attached hydrogens (tertiary/aromatic N) is 5. The summed E-state index contributed by atoms with van der Waals surface area (Å²) in [4.78, 5) is 10.5. The van der Waals surface area contributed by atoms with Crippen molar-refractivity contribution in [2.45, 2.75) is 18.6 Å². The van der Waals surface area contributed by atoms with E-state index in [-0.39, 0.29) is 17.2 Å². The van der Waals surface area contributed by atoms with Crippen molar-refractivity contribution in [3.63, 3.8) is 0 Å². The molecule has 0 aromatic carbocycles. The third kappa shape index (κ3) is 4.15. The van der Waals surface area contributed by atoms with E-state index >= 15 is 0 Å². The molecule has 2 N–H and O–H groups in total. The molecule has 0 saturated carbocycles. The number of rotatable bonds is 5. The Balaban J connectivity index is 1.55. The minimum absolute atomic E-state index is 0.142. The predicted octanol–water partition coefficient (Wildman–Crippen LogP) is 2.03. The Labute approximate surface area is 187 Å². The highest BCUT2D eigenvalue weighted by atomic mass is 19.1. The monoisotopic (exact) mass is 463 g/mol. The summed E-state index contributed by atoms with van der Waals surface area (Å²) < 4.78 is 55.9. The Kier molecular flexibility index (Phi) is 5.94. The number of morpholine rings is 1. The molecule has 9 nitrogen and oxygen atoms in total. The van der Waals surface area contributed by atoms with Crippen molar-refractivity contribution in [1.29, 1.82) is 0 Å². The highest BCUT2D eigenvalue weighted by Crippen LogP contribution is 2.31. The van der Waals surface area contributed by atoms with Gasteiger partial charge in [-0.25, -0.2) is 27.7 Å². The molecule has 2 fully saturated rings. The topological polar surface area (TPSA) is 88.8 Å². The summed E-state index contributed by atoms with van der Waals surface area (Å²) in [5.74, 6) is -0.910. The van der Waals surface area contributed by atoms with E-state index < -0.39 is 23.8 Å². The molecule has 12 heteroatoms. The Morgan fingerprint density at radius 2 is 2.03 bits per heavy atom. The smallest absolute Gasteiger partial charge is 0.192 e. The first kappa shape index (κ1) is 21.7. The van der Waals surface area contributed by atoms with Gasteiger partial charge in [0.1, 0.15) is 17.6 Å². The fourth-order valence-electron chi connectivity index (χ4n) is 4.09. The molecule has 3 aromatic rings. The average molecular weight is 463 g/mol. The van der Waals surface area contributed by atoms with Gasteiger partial charge in [0.15, 0.2) is 34.7 Å². The maximum Gasteiger partial charge on any atom is 0.192 e. The Bertz CT molecular complexity index is 1150. The molecule has 0 spiro atoms. The Hall–Kier alpha value is -3.12. The van der Waals surface area contributed by atoms with Crippen LogP contribution in [0.3, 0.4) is 0 Å². The average Bonchev–Trinajstić information content (AvgIpc) is 3.24. The number of hydrogen-bond acceptors (Lipinski definition) is 8. The van der Waals surface area contributed by atoms with E-state index in [0.717, 1.165) is 6.07 Å². The first-order chi connectivity index (χ1) is 16.0. The van der Waals surface area contributed by atoms with E-state index in [0.29, 0.717) is 63.0 Å². The number of nitrogens with one attached hydrogen (secondary N) is 2. The van der Waals surface area contributed by atoms with Crippen LogP contribution in [-0.4, -0.2) is 78.3 Å². The lowest BCUT2D eigenvalue weighted by Gasteiger charge is -2.28. The molecule has 5 heterocycles. The normalized spacial score (nSPS) is 21.4. The quantitative estimate of drug-likeness (QED) is 0.594. The maximum absolute atomic E-state index is 14.8. The van der Waals surface area contributed by atoms with Crippen molar-refractivity contribution >= 4 is 17.3 Å². The molecule has 0 aliphatic carbocycles. The Morgan fingerprint density at radius 3 is 2.79 bits per heavy atom. The van der Waals surface area contributed by atoms with Crippen LogP contribution in [0.25, 0.3) is 17.0 Å². The van der Waals surface area contributed by atoms with Gasteiger partial charge in [0, 0.05) is 31.8 Å². The molecule has 33 heavy (non-hydrogen) atoms. The summed E-state index contributed by atoms with van der Waals surface area (Å²) in [5.41, 5.74) is 0.511. The SMILES string of the molecule is COc1cc2ncc(-c3nc(N[C@@H]4CNCC[C@H]4F)c(F)cc3F)n2nc1N1CCOCC1. The number of pyridine rings is 1. The van der Waals surface area contributed by atoms with Crippen molar-refractivity contribution in [2.24, 2.45) is 0 Å². The van der Waals surface area contributed by atoms with Crippen LogP contribution in [0.5, 0.6) is 5.75 Å². The minimum Gasteiger partial charge on any atom is -0.493 e. The molecule has 2 saturated heterocycles. The molecule has 0 amide bonds.